The predicted octanol–water partition coefficient (Wildman–Crippen LogP) is 5.30. The van der Waals surface area contributed by atoms with Gasteiger partial charge in [0.15, 0.2) is 0 Å². The molecule has 2 amide bonds. The zero-order valence-corrected chi connectivity index (χ0v) is 27.2. The molecule has 23 heteroatoms. The molecule has 0 unspecified atom stereocenters. The number of nitrogens with one attached hydrogen (secondary N) is 2. The molecule has 0 spiro atoms. The number of rotatable bonds is 9. The molecule has 0 atom stereocenters. The molecule has 4 rings (SSSR count). The smallest absolute Gasteiger partial charge is 0.416 e. The van der Waals surface area contributed by atoms with Gasteiger partial charge in [0.1, 0.15) is 32.7 Å². The lowest BCUT2D eigenvalue weighted by molar-refractivity contribution is -0.385. The van der Waals surface area contributed by atoms with Gasteiger partial charge in [-0.3, -0.25) is 15.4 Å². The maximum absolute atomic E-state index is 12.6. The van der Waals surface area contributed by atoms with Crippen LogP contribution in [0.4, 0.5) is 29.6 Å². The summed E-state index contributed by atoms with van der Waals surface area (Å²) in [4.78, 5) is 55.3. The van der Waals surface area contributed by atoms with E-state index in [2.05, 4.69) is 25.0 Å². The summed E-state index contributed by atoms with van der Waals surface area (Å²) in [5.41, 5.74) is -2.25. The summed E-state index contributed by atoms with van der Waals surface area (Å²) >= 11 is 6.59. The predicted molar refractivity (Wildman–Crippen MR) is 163 cm³/mol. The summed E-state index contributed by atoms with van der Waals surface area (Å²) in [6.07, 6.45) is -4.58. The quantitative estimate of drug-likeness (QED) is 0.112. The number of urea groups is 1. The van der Waals surface area contributed by atoms with Crippen molar-refractivity contribution in [1.29, 1.82) is 0 Å². The van der Waals surface area contributed by atoms with Crippen molar-refractivity contribution in [3.8, 4) is 17.5 Å². The van der Waals surface area contributed by atoms with Crippen molar-refractivity contribution in [2.24, 2.45) is 0 Å². The molecule has 260 valence electrons. The fourth-order valence-corrected chi connectivity index (χ4v) is 5.92. The number of hydrogen-bond acceptors (Lipinski definition) is 14. The number of nitro groups is 1. The number of sulfonamides is 1. The van der Waals surface area contributed by atoms with Gasteiger partial charge in [-0.15, -0.1) is 11.3 Å². The number of halogens is 4. The van der Waals surface area contributed by atoms with E-state index >= 15 is 0 Å². The highest BCUT2D eigenvalue weighted by atomic mass is 35.5. The number of amides is 2. The Hall–Kier alpha value is -5.61. The second-order valence-corrected chi connectivity index (χ2v) is 11.8. The first-order valence-corrected chi connectivity index (χ1v) is 15.4. The van der Waals surface area contributed by atoms with E-state index in [4.69, 9.17) is 26.2 Å². The molecule has 0 saturated heterocycles. The number of nitrogens with zero attached hydrogens (tertiary/aromatic N) is 4. The van der Waals surface area contributed by atoms with Gasteiger partial charge in [-0.25, -0.2) is 27.5 Å². The Balaban J connectivity index is 0.000000266. The van der Waals surface area contributed by atoms with Gasteiger partial charge in [0, 0.05) is 12.1 Å². The van der Waals surface area contributed by atoms with Gasteiger partial charge >= 0.3 is 30.2 Å². The SMILES string of the molecule is COC(=O)c1sccc1S(=O)(=O)NC(=O)Nc1nc(C)nc(OC)n1.O=C(O)c1cc(Oc2ccc(C(F)(F)F)cc2Cl)ccc1[N+](=O)[O-]. The van der Waals surface area contributed by atoms with E-state index in [9.17, 15) is 46.1 Å². The highest BCUT2D eigenvalue weighted by molar-refractivity contribution is 7.90. The number of anilines is 1. The fraction of sp³-hybridized carbons (Fsp3) is 0.154. The number of ether oxygens (including phenoxy) is 3. The molecule has 4 aromatic rings. The van der Waals surface area contributed by atoms with Crippen molar-refractivity contribution in [2.75, 3.05) is 19.5 Å². The number of aryl methyl sites for hydroxylation is 1. The van der Waals surface area contributed by atoms with Gasteiger partial charge in [0.05, 0.1) is 29.7 Å². The molecule has 0 bridgehead atoms. The molecule has 0 fully saturated rings. The van der Waals surface area contributed by atoms with Crippen LogP contribution in [0.25, 0.3) is 0 Å². The second kappa shape index (κ2) is 15.5. The van der Waals surface area contributed by atoms with Crippen LogP contribution in [0.15, 0.2) is 52.7 Å². The molecule has 2 aromatic carbocycles. The largest absolute Gasteiger partial charge is 0.477 e. The van der Waals surface area contributed by atoms with E-state index < -0.39 is 55.9 Å². The van der Waals surface area contributed by atoms with Crippen LogP contribution in [0, 0.1) is 17.0 Å². The zero-order valence-electron chi connectivity index (χ0n) is 24.8. The number of benzene rings is 2. The van der Waals surface area contributed by atoms with Crippen LogP contribution in [0.1, 0.15) is 31.4 Å². The number of aromatic nitrogens is 3. The van der Waals surface area contributed by atoms with Crippen molar-refractivity contribution >= 4 is 62.6 Å². The third-order valence-electron chi connectivity index (χ3n) is 5.53. The normalized spacial score (nSPS) is 11.0. The molecule has 2 aromatic heterocycles. The van der Waals surface area contributed by atoms with Gasteiger partial charge < -0.3 is 19.3 Å². The minimum atomic E-state index is -4.58. The van der Waals surface area contributed by atoms with Crippen molar-refractivity contribution in [1.82, 2.24) is 19.7 Å². The maximum Gasteiger partial charge on any atom is 0.416 e. The van der Waals surface area contributed by atoms with Gasteiger partial charge in [0.2, 0.25) is 5.95 Å². The zero-order chi connectivity index (χ0) is 36.7. The van der Waals surface area contributed by atoms with Gasteiger partial charge in [-0.2, -0.15) is 28.1 Å². The number of carboxylic acid groups (broad SMARTS) is 1. The standard InChI is InChI=1S/C14H7ClF3NO5.C12H13N5O6S2/c15-10-5-7(14(16,17)18)1-4-12(10)24-8-2-3-11(19(22)23)9(6-8)13(20)21;1-6-13-10(16-12(14-6)23-3)15-11(19)17-25(20,21)7-4-5-24-8(7)9(18)22-2/h1-6H,(H,20,21);4-5H,1-3H3,(H2,13,14,15,16,17,19). The average Bonchev–Trinajstić information content (AvgIpc) is 3.52. The number of nitro benzene ring substituents is 1. The molecular weight excluding hydrogens is 729 g/mol. The summed E-state index contributed by atoms with van der Waals surface area (Å²) < 4.78 is 78.5. The van der Waals surface area contributed by atoms with Crippen LogP contribution in [0.3, 0.4) is 0 Å². The molecule has 0 aliphatic rings. The minimum Gasteiger partial charge on any atom is -0.477 e. The maximum atomic E-state index is 12.6. The Labute approximate surface area is 281 Å². The molecule has 0 radical (unpaired) electrons. The number of carbonyl (C=O) groups is 3. The van der Waals surface area contributed by atoms with E-state index in [0.29, 0.717) is 6.07 Å². The fourth-order valence-electron chi connectivity index (χ4n) is 3.46. The minimum absolute atomic E-state index is 0.0449. The molecule has 2 heterocycles. The molecule has 3 N–H and O–H groups in total. The van der Waals surface area contributed by atoms with Crippen LogP contribution >= 0.6 is 22.9 Å². The number of esters is 1. The number of carboxylic acids is 1. The summed E-state index contributed by atoms with van der Waals surface area (Å²) in [5.74, 6) is -2.60. The number of methoxy groups -OCH3 is 2. The monoisotopic (exact) mass is 748 g/mol. The third kappa shape index (κ3) is 9.94. The summed E-state index contributed by atoms with van der Waals surface area (Å²) in [5, 5.41) is 22.9. The highest BCUT2D eigenvalue weighted by Gasteiger charge is 2.31. The number of alkyl halides is 3. The van der Waals surface area contributed by atoms with Crippen molar-refractivity contribution in [3.05, 3.63) is 84.8 Å². The first kappa shape index (κ1) is 37.8. The molecule has 0 aliphatic heterocycles. The molecule has 49 heavy (non-hydrogen) atoms. The van der Waals surface area contributed by atoms with E-state index in [1.165, 1.54) is 25.5 Å². The highest BCUT2D eigenvalue weighted by Crippen LogP contribution is 2.37. The van der Waals surface area contributed by atoms with Crippen LogP contribution in [0.5, 0.6) is 17.5 Å². The average molecular weight is 749 g/mol. The lowest BCUT2D eigenvalue weighted by atomic mass is 10.1. The first-order chi connectivity index (χ1) is 22.9. The third-order valence-corrected chi connectivity index (χ3v) is 8.23. The van der Waals surface area contributed by atoms with Gasteiger partial charge in [0.25, 0.3) is 15.7 Å². The lowest BCUT2D eigenvalue weighted by Crippen LogP contribution is -2.35. The van der Waals surface area contributed by atoms with E-state index in [-0.39, 0.29) is 44.1 Å². The molecule has 17 nitrogen and oxygen atoms in total. The Morgan fingerprint density at radius 1 is 1.06 bits per heavy atom. The summed E-state index contributed by atoms with van der Waals surface area (Å²) in [6, 6.07) is 5.29. The Bertz CT molecular complexity index is 2030. The van der Waals surface area contributed by atoms with E-state index in [0.717, 1.165) is 48.8 Å². The topological polar surface area (TPSA) is 239 Å². The number of hydrogen-bond donors (Lipinski definition) is 3. The Morgan fingerprint density at radius 3 is 2.33 bits per heavy atom. The second-order valence-electron chi connectivity index (χ2n) is 8.84. The van der Waals surface area contributed by atoms with Gasteiger partial charge in [-0.05, 0) is 42.6 Å². The number of aromatic carboxylic acids is 1. The van der Waals surface area contributed by atoms with Crippen LogP contribution in [0.2, 0.25) is 5.02 Å². The molecule has 0 saturated carbocycles. The molecular formula is C26H20ClF3N6O11S2. The number of thiophene rings is 1. The van der Waals surface area contributed by atoms with Crippen molar-refractivity contribution in [2.45, 2.75) is 18.0 Å². The van der Waals surface area contributed by atoms with Crippen LogP contribution in [-0.4, -0.2) is 65.6 Å². The Morgan fingerprint density at radius 2 is 1.76 bits per heavy atom. The summed E-state index contributed by atoms with van der Waals surface area (Å²) in [6.45, 7) is 1.54. The first-order valence-electron chi connectivity index (χ1n) is 12.7. The van der Waals surface area contributed by atoms with E-state index in [1.807, 2.05) is 0 Å². The van der Waals surface area contributed by atoms with Gasteiger partial charge in [-0.1, -0.05) is 11.6 Å². The molecule has 0 aliphatic carbocycles. The lowest BCUT2D eigenvalue weighted by Gasteiger charge is -2.11. The van der Waals surface area contributed by atoms with Crippen LogP contribution in [-0.2, 0) is 20.9 Å². The van der Waals surface area contributed by atoms with Crippen LogP contribution < -0.4 is 19.5 Å². The van der Waals surface area contributed by atoms with Crippen molar-refractivity contribution < 1.29 is 60.2 Å². The Kier molecular flexibility index (Phi) is 12.0. The number of carbonyl (C=O) groups excluding carboxylic acids is 2. The van der Waals surface area contributed by atoms with Crippen molar-refractivity contribution in [3.63, 3.8) is 0 Å². The summed E-state index contributed by atoms with van der Waals surface area (Å²) in [7, 11) is -1.86. The van der Waals surface area contributed by atoms with E-state index in [1.54, 1.807) is 4.72 Å².